The largest absolute Gasteiger partial charge is 0.274 e. The third kappa shape index (κ3) is 4.52. The number of benzene rings is 3. The van der Waals surface area contributed by atoms with Gasteiger partial charge >= 0.3 is 0 Å². The molecule has 0 aliphatic heterocycles. The van der Waals surface area contributed by atoms with Crippen molar-refractivity contribution < 1.29 is 8.78 Å². The second-order valence-electron chi connectivity index (χ2n) is 5.18. The van der Waals surface area contributed by atoms with Crippen LogP contribution in [0.15, 0.2) is 84.0 Å². The first-order valence-electron chi connectivity index (χ1n) is 7.63. The highest BCUT2D eigenvalue weighted by molar-refractivity contribution is 6.13. The van der Waals surface area contributed by atoms with Crippen molar-refractivity contribution in [3.63, 3.8) is 0 Å². The van der Waals surface area contributed by atoms with Gasteiger partial charge < -0.3 is 0 Å². The van der Waals surface area contributed by atoms with Crippen LogP contribution < -0.4 is 5.43 Å². The van der Waals surface area contributed by atoms with Crippen LogP contribution in [0.5, 0.6) is 0 Å². The first kappa shape index (κ1) is 16.4. The van der Waals surface area contributed by atoms with Crippen molar-refractivity contribution in [3.8, 4) is 11.8 Å². The SMILES string of the molecule is Fc1ccc(F)c(N/N=C(\C#Cc2ccccc2)c2ccccc2)c1. The van der Waals surface area contributed by atoms with Gasteiger partial charge in [0.25, 0.3) is 0 Å². The molecule has 0 aromatic heterocycles. The third-order valence-electron chi connectivity index (χ3n) is 3.36. The summed E-state index contributed by atoms with van der Waals surface area (Å²) in [5, 5.41) is 4.17. The number of nitrogens with one attached hydrogen (secondary N) is 1. The minimum Gasteiger partial charge on any atom is -0.274 e. The van der Waals surface area contributed by atoms with Crippen molar-refractivity contribution in [1.29, 1.82) is 0 Å². The maximum atomic E-state index is 13.7. The zero-order chi connectivity index (χ0) is 17.5. The van der Waals surface area contributed by atoms with Gasteiger partial charge in [0.1, 0.15) is 17.3 Å². The van der Waals surface area contributed by atoms with Gasteiger partial charge in [-0.25, -0.2) is 8.78 Å². The Bertz CT molecular complexity index is 940. The smallest absolute Gasteiger partial charge is 0.148 e. The lowest BCUT2D eigenvalue weighted by molar-refractivity contribution is 0.603. The van der Waals surface area contributed by atoms with Crippen molar-refractivity contribution in [1.82, 2.24) is 0 Å². The molecule has 0 radical (unpaired) electrons. The molecule has 0 saturated carbocycles. The van der Waals surface area contributed by atoms with E-state index in [-0.39, 0.29) is 5.69 Å². The summed E-state index contributed by atoms with van der Waals surface area (Å²) in [7, 11) is 0. The van der Waals surface area contributed by atoms with Gasteiger partial charge in [0.15, 0.2) is 0 Å². The van der Waals surface area contributed by atoms with Gasteiger partial charge in [-0.3, -0.25) is 5.43 Å². The fraction of sp³-hybridized carbons (Fsp3) is 0. The van der Waals surface area contributed by atoms with E-state index in [1.165, 1.54) is 0 Å². The van der Waals surface area contributed by atoms with Crippen LogP contribution in [0.3, 0.4) is 0 Å². The zero-order valence-corrected chi connectivity index (χ0v) is 13.2. The molecule has 0 bridgehead atoms. The number of hydrazone groups is 1. The van der Waals surface area contributed by atoms with Crippen LogP contribution in [-0.4, -0.2) is 5.71 Å². The van der Waals surface area contributed by atoms with Crippen LogP contribution >= 0.6 is 0 Å². The van der Waals surface area contributed by atoms with Gasteiger partial charge in [-0.05, 0) is 30.2 Å². The summed E-state index contributed by atoms with van der Waals surface area (Å²) in [6, 6.07) is 21.9. The molecule has 1 N–H and O–H groups in total. The lowest BCUT2D eigenvalue weighted by Crippen LogP contribution is -2.03. The van der Waals surface area contributed by atoms with E-state index in [0.717, 1.165) is 29.3 Å². The number of nitrogens with zero attached hydrogens (tertiary/aromatic N) is 1. The summed E-state index contributed by atoms with van der Waals surface area (Å²) in [4.78, 5) is 0. The number of rotatable bonds is 3. The van der Waals surface area contributed by atoms with Gasteiger partial charge in [-0.1, -0.05) is 54.5 Å². The fourth-order valence-corrected chi connectivity index (χ4v) is 2.11. The average molecular weight is 332 g/mol. The molecule has 0 amide bonds. The van der Waals surface area contributed by atoms with E-state index in [9.17, 15) is 8.78 Å². The molecule has 3 aromatic carbocycles. The van der Waals surface area contributed by atoms with Crippen LogP contribution in [0.25, 0.3) is 0 Å². The molecule has 2 nitrogen and oxygen atoms in total. The molecule has 0 fully saturated rings. The van der Waals surface area contributed by atoms with Crippen molar-refractivity contribution in [2.24, 2.45) is 5.10 Å². The van der Waals surface area contributed by atoms with Crippen LogP contribution in [-0.2, 0) is 0 Å². The average Bonchev–Trinajstić information content (AvgIpc) is 2.66. The minimum atomic E-state index is -0.589. The van der Waals surface area contributed by atoms with E-state index in [0.29, 0.717) is 5.71 Å². The molecule has 0 saturated heterocycles. The number of anilines is 1. The standard InChI is InChI=1S/C21H14F2N2/c22-18-12-13-19(23)21(15-18)25-24-20(17-9-5-2-6-10-17)14-11-16-7-3-1-4-8-16/h1-10,12-13,15,25H/b24-20+. The fourth-order valence-electron chi connectivity index (χ4n) is 2.11. The van der Waals surface area contributed by atoms with E-state index in [1.807, 2.05) is 60.7 Å². The summed E-state index contributed by atoms with van der Waals surface area (Å²) < 4.78 is 27.0. The number of hydrogen-bond acceptors (Lipinski definition) is 2. The maximum absolute atomic E-state index is 13.7. The molecular weight excluding hydrogens is 318 g/mol. The molecule has 0 atom stereocenters. The summed E-state index contributed by atoms with van der Waals surface area (Å²) in [5.41, 5.74) is 4.55. The molecule has 0 aliphatic carbocycles. The van der Waals surface area contributed by atoms with Crippen molar-refractivity contribution in [2.45, 2.75) is 0 Å². The Hall–Kier alpha value is -3.45. The van der Waals surface area contributed by atoms with Crippen LogP contribution in [0, 0.1) is 23.5 Å². The third-order valence-corrected chi connectivity index (χ3v) is 3.36. The Kier molecular flexibility index (Phi) is 5.18. The molecule has 0 spiro atoms. The van der Waals surface area contributed by atoms with E-state index in [1.54, 1.807) is 0 Å². The molecule has 0 heterocycles. The highest BCUT2D eigenvalue weighted by atomic mass is 19.1. The van der Waals surface area contributed by atoms with Gasteiger partial charge in [0, 0.05) is 17.2 Å². The summed E-state index contributed by atoms with van der Waals surface area (Å²) in [6.07, 6.45) is 0. The van der Waals surface area contributed by atoms with E-state index in [4.69, 9.17) is 0 Å². The van der Waals surface area contributed by atoms with Crippen molar-refractivity contribution in [2.75, 3.05) is 5.43 Å². The van der Waals surface area contributed by atoms with Crippen LogP contribution in [0.4, 0.5) is 14.5 Å². The Morgan fingerprint density at radius 2 is 1.52 bits per heavy atom. The monoisotopic (exact) mass is 332 g/mol. The molecule has 3 rings (SSSR count). The van der Waals surface area contributed by atoms with Gasteiger partial charge in [-0.2, -0.15) is 5.10 Å². The lowest BCUT2D eigenvalue weighted by atomic mass is 10.1. The summed E-state index contributed by atoms with van der Waals surface area (Å²) >= 11 is 0. The molecule has 0 unspecified atom stereocenters. The molecule has 25 heavy (non-hydrogen) atoms. The first-order chi connectivity index (χ1) is 12.2. The Labute approximate surface area is 144 Å². The maximum Gasteiger partial charge on any atom is 0.148 e. The Morgan fingerprint density at radius 3 is 2.24 bits per heavy atom. The molecule has 4 heteroatoms. The van der Waals surface area contributed by atoms with Gasteiger partial charge in [-0.15, -0.1) is 0 Å². The molecule has 3 aromatic rings. The zero-order valence-electron chi connectivity index (χ0n) is 13.2. The normalized spacial score (nSPS) is 10.7. The van der Waals surface area contributed by atoms with Crippen molar-refractivity contribution >= 4 is 11.4 Å². The molecular formula is C21H14F2N2. The van der Waals surface area contributed by atoms with Crippen molar-refractivity contribution in [3.05, 3.63) is 102 Å². The van der Waals surface area contributed by atoms with Gasteiger partial charge in [0.05, 0.1) is 5.69 Å². The highest BCUT2D eigenvalue weighted by Crippen LogP contribution is 2.15. The highest BCUT2D eigenvalue weighted by Gasteiger charge is 2.04. The summed E-state index contributed by atoms with van der Waals surface area (Å²) in [5.74, 6) is 4.86. The topological polar surface area (TPSA) is 24.4 Å². The Balaban J connectivity index is 1.94. The number of halogens is 2. The second-order valence-corrected chi connectivity index (χ2v) is 5.18. The number of hydrogen-bond donors (Lipinski definition) is 1. The van der Waals surface area contributed by atoms with E-state index in [2.05, 4.69) is 22.4 Å². The summed E-state index contributed by atoms with van der Waals surface area (Å²) in [6.45, 7) is 0. The predicted octanol–water partition coefficient (Wildman–Crippen LogP) is 4.83. The van der Waals surface area contributed by atoms with E-state index >= 15 is 0 Å². The lowest BCUT2D eigenvalue weighted by Gasteiger charge is -2.04. The van der Waals surface area contributed by atoms with Gasteiger partial charge in [0.2, 0.25) is 0 Å². The minimum absolute atomic E-state index is 0.0463. The van der Waals surface area contributed by atoms with E-state index < -0.39 is 11.6 Å². The van der Waals surface area contributed by atoms with Crippen LogP contribution in [0.2, 0.25) is 0 Å². The quantitative estimate of drug-likeness (QED) is 0.414. The second kappa shape index (κ2) is 7.89. The molecule has 0 aliphatic rings. The molecule has 122 valence electrons. The van der Waals surface area contributed by atoms with Crippen LogP contribution in [0.1, 0.15) is 11.1 Å². The predicted molar refractivity (Wildman–Crippen MR) is 96.3 cm³/mol. The first-order valence-corrected chi connectivity index (χ1v) is 7.63. The Morgan fingerprint density at radius 1 is 0.840 bits per heavy atom.